The summed E-state index contributed by atoms with van der Waals surface area (Å²) in [5, 5.41) is 10.0. The molecular formula is C30H20ClF4N7O2. The molecule has 0 spiro atoms. The number of halogens is 5. The predicted molar refractivity (Wildman–Crippen MR) is 151 cm³/mol. The lowest BCUT2D eigenvalue weighted by Crippen LogP contribution is -2.26. The molecule has 3 atom stereocenters. The number of pyridine rings is 1. The molecule has 2 aliphatic heterocycles. The van der Waals surface area contributed by atoms with E-state index in [0.29, 0.717) is 46.1 Å². The number of amides is 1. The van der Waals surface area contributed by atoms with Crippen LogP contribution in [0.5, 0.6) is 0 Å². The number of imidazole rings is 1. The summed E-state index contributed by atoms with van der Waals surface area (Å²) in [7, 11) is 0. The monoisotopic (exact) mass is 621 g/mol. The SMILES string of the molecule is O=C1CCc2cc(-c3nc(C4C5CC5c5cc(-c6cc(Cl)ccc6-n6cc(C(F)(F)F)nn6)cc(=O)n54)[nH]c3F)ccc2N1. The van der Waals surface area contributed by atoms with Crippen molar-refractivity contribution in [3.63, 3.8) is 0 Å². The topological polar surface area (TPSA) is 110 Å². The van der Waals surface area contributed by atoms with Crippen molar-refractivity contribution < 1.29 is 22.4 Å². The van der Waals surface area contributed by atoms with Crippen LogP contribution >= 0.6 is 11.6 Å². The Hall–Kier alpha value is -4.78. The Morgan fingerprint density at radius 2 is 1.84 bits per heavy atom. The van der Waals surface area contributed by atoms with Gasteiger partial charge >= 0.3 is 6.18 Å². The highest BCUT2D eigenvalue weighted by molar-refractivity contribution is 6.31. The molecule has 0 saturated heterocycles. The van der Waals surface area contributed by atoms with Crippen LogP contribution in [0.25, 0.3) is 28.1 Å². The Morgan fingerprint density at radius 3 is 2.64 bits per heavy atom. The second kappa shape index (κ2) is 9.36. The first-order valence-corrected chi connectivity index (χ1v) is 14.2. The third-order valence-electron chi connectivity index (χ3n) is 8.53. The van der Waals surface area contributed by atoms with Gasteiger partial charge in [-0.05, 0) is 66.3 Å². The summed E-state index contributed by atoms with van der Waals surface area (Å²) in [6.45, 7) is 0. The normalized spacial score (nSPS) is 20.2. The van der Waals surface area contributed by atoms with Gasteiger partial charge in [-0.2, -0.15) is 17.6 Å². The van der Waals surface area contributed by atoms with Crippen LogP contribution in [0, 0.1) is 11.9 Å². The van der Waals surface area contributed by atoms with Gasteiger partial charge in [-0.1, -0.05) is 22.9 Å². The average Bonchev–Trinajstić information content (AvgIpc) is 3.28. The highest BCUT2D eigenvalue weighted by Gasteiger charge is 2.54. The molecule has 1 aliphatic carbocycles. The number of alkyl halides is 3. The lowest BCUT2D eigenvalue weighted by atomic mass is 9.99. The fourth-order valence-electron chi connectivity index (χ4n) is 6.44. The van der Waals surface area contributed by atoms with Crippen molar-refractivity contribution in [3.8, 4) is 28.1 Å². The zero-order valence-electron chi connectivity index (χ0n) is 22.5. The van der Waals surface area contributed by atoms with Gasteiger partial charge < -0.3 is 14.9 Å². The molecule has 0 bridgehead atoms. The summed E-state index contributed by atoms with van der Waals surface area (Å²) in [6.07, 6.45) is -2.23. The number of aryl methyl sites for hydroxylation is 1. The third kappa shape index (κ3) is 4.25. The molecule has 222 valence electrons. The van der Waals surface area contributed by atoms with Crippen LogP contribution < -0.4 is 10.9 Å². The van der Waals surface area contributed by atoms with Crippen LogP contribution in [0.4, 0.5) is 23.2 Å². The minimum absolute atomic E-state index is 0.0265. The van der Waals surface area contributed by atoms with E-state index in [1.54, 1.807) is 22.8 Å². The van der Waals surface area contributed by atoms with E-state index in [2.05, 4.69) is 25.6 Å². The number of hydrogen-bond acceptors (Lipinski definition) is 5. The zero-order chi connectivity index (χ0) is 30.5. The lowest BCUT2D eigenvalue weighted by Gasteiger charge is -2.18. The molecule has 44 heavy (non-hydrogen) atoms. The van der Waals surface area contributed by atoms with Gasteiger partial charge in [0.1, 0.15) is 11.5 Å². The summed E-state index contributed by atoms with van der Waals surface area (Å²) in [6, 6.07) is 12.5. The third-order valence-corrected chi connectivity index (χ3v) is 8.77. The Balaban J connectivity index is 1.17. The molecule has 3 aromatic heterocycles. The number of nitrogens with zero attached hydrogens (tertiary/aromatic N) is 5. The number of carbonyl (C=O) groups excluding carboxylic acids is 1. The Bertz CT molecular complexity index is 2080. The maximum atomic E-state index is 15.3. The molecule has 3 unspecified atom stereocenters. The molecule has 0 radical (unpaired) electrons. The molecule has 1 saturated carbocycles. The number of anilines is 1. The fraction of sp³-hybridized carbons (Fsp3) is 0.233. The van der Waals surface area contributed by atoms with Gasteiger partial charge in [0.15, 0.2) is 5.69 Å². The van der Waals surface area contributed by atoms with E-state index in [4.69, 9.17) is 11.6 Å². The Labute approximate surface area is 250 Å². The van der Waals surface area contributed by atoms with Crippen molar-refractivity contribution in [1.29, 1.82) is 0 Å². The van der Waals surface area contributed by atoms with Crippen molar-refractivity contribution in [2.75, 3.05) is 5.32 Å². The van der Waals surface area contributed by atoms with Gasteiger partial charge in [-0.3, -0.25) is 9.59 Å². The van der Waals surface area contributed by atoms with E-state index < -0.39 is 23.9 Å². The van der Waals surface area contributed by atoms with Crippen LogP contribution in [0.15, 0.2) is 59.5 Å². The zero-order valence-corrected chi connectivity index (χ0v) is 23.2. The van der Waals surface area contributed by atoms with Crippen molar-refractivity contribution in [1.82, 2.24) is 29.5 Å². The molecule has 8 rings (SSSR count). The van der Waals surface area contributed by atoms with Crippen molar-refractivity contribution >= 4 is 23.2 Å². The minimum atomic E-state index is -4.67. The van der Waals surface area contributed by atoms with E-state index in [0.717, 1.165) is 28.6 Å². The molecule has 14 heteroatoms. The van der Waals surface area contributed by atoms with E-state index >= 15 is 4.39 Å². The molecule has 1 fully saturated rings. The summed E-state index contributed by atoms with van der Waals surface area (Å²) >= 11 is 6.27. The first-order valence-electron chi connectivity index (χ1n) is 13.8. The second-order valence-corrected chi connectivity index (χ2v) is 11.7. The number of aromatic nitrogens is 6. The van der Waals surface area contributed by atoms with Crippen molar-refractivity contribution in [3.05, 3.63) is 98.8 Å². The minimum Gasteiger partial charge on any atom is -0.326 e. The van der Waals surface area contributed by atoms with Gasteiger partial charge in [0, 0.05) is 45.9 Å². The summed E-state index contributed by atoms with van der Waals surface area (Å²) in [5.41, 5.74) is 2.63. The number of carbonyl (C=O) groups is 1. The lowest BCUT2D eigenvalue weighted by molar-refractivity contribution is -0.141. The van der Waals surface area contributed by atoms with Crippen LogP contribution in [-0.2, 0) is 17.4 Å². The molecule has 1 amide bonds. The average molecular weight is 622 g/mol. The van der Waals surface area contributed by atoms with Crippen LogP contribution in [0.2, 0.25) is 5.02 Å². The summed E-state index contributed by atoms with van der Waals surface area (Å²) in [5.74, 6) is -0.298. The summed E-state index contributed by atoms with van der Waals surface area (Å²) in [4.78, 5) is 32.7. The largest absolute Gasteiger partial charge is 0.436 e. The Kier molecular flexibility index (Phi) is 5.70. The molecule has 9 nitrogen and oxygen atoms in total. The number of fused-ring (bicyclic) bond motifs is 4. The van der Waals surface area contributed by atoms with Gasteiger partial charge in [0.2, 0.25) is 11.9 Å². The van der Waals surface area contributed by atoms with E-state index in [1.165, 1.54) is 18.2 Å². The highest BCUT2D eigenvalue weighted by Crippen LogP contribution is 2.60. The molecule has 5 aromatic rings. The number of aromatic amines is 1. The molecule has 5 heterocycles. The molecule has 2 aromatic carbocycles. The number of hydrogen-bond donors (Lipinski definition) is 2. The molecule has 3 aliphatic rings. The number of rotatable bonds is 4. The fourth-order valence-corrected chi connectivity index (χ4v) is 6.61. The van der Waals surface area contributed by atoms with E-state index in [1.807, 2.05) is 12.1 Å². The van der Waals surface area contributed by atoms with Crippen molar-refractivity contribution in [2.45, 2.75) is 37.4 Å². The maximum absolute atomic E-state index is 15.3. The van der Waals surface area contributed by atoms with E-state index in [9.17, 15) is 22.8 Å². The standard InChI is InChI=1S/C30H20ClF4N7O2/c31-16-3-5-21(41-12-23(39-40-41)30(33,34)35)17(10-16)15-8-22-18-11-19(18)27(42(22)25(44)9-15)29-37-26(28(32)38-29)14-1-4-20-13(7-14)2-6-24(43)36-20/h1,3-5,7-10,12,18-19,27H,2,6,11H2,(H,36,43)(H,37,38). The first kappa shape index (κ1) is 26.8. The van der Waals surface area contributed by atoms with Crippen LogP contribution in [0.3, 0.4) is 0 Å². The number of H-pyrrole nitrogens is 1. The first-order chi connectivity index (χ1) is 21.0. The van der Waals surface area contributed by atoms with Crippen LogP contribution in [0.1, 0.15) is 47.6 Å². The van der Waals surface area contributed by atoms with Gasteiger partial charge in [-0.25, -0.2) is 9.67 Å². The second-order valence-electron chi connectivity index (χ2n) is 11.2. The van der Waals surface area contributed by atoms with Crippen molar-refractivity contribution in [2.24, 2.45) is 5.92 Å². The van der Waals surface area contributed by atoms with Crippen LogP contribution in [-0.4, -0.2) is 35.4 Å². The summed E-state index contributed by atoms with van der Waals surface area (Å²) < 4.78 is 57.5. The molecule has 2 N–H and O–H groups in total. The smallest absolute Gasteiger partial charge is 0.326 e. The van der Waals surface area contributed by atoms with Gasteiger partial charge in [-0.15, -0.1) is 5.10 Å². The van der Waals surface area contributed by atoms with E-state index in [-0.39, 0.29) is 34.7 Å². The number of nitrogens with one attached hydrogen (secondary N) is 2. The quantitative estimate of drug-likeness (QED) is 0.243. The maximum Gasteiger partial charge on any atom is 0.436 e. The number of benzene rings is 2. The highest BCUT2D eigenvalue weighted by atomic mass is 35.5. The molecular weight excluding hydrogens is 602 g/mol. The van der Waals surface area contributed by atoms with Gasteiger partial charge in [0.25, 0.3) is 5.56 Å². The van der Waals surface area contributed by atoms with Gasteiger partial charge in [0.05, 0.1) is 17.9 Å². The predicted octanol–water partition coefficient (Wildman–Crippen LogP) is 5.89. The Morgan fingerprint density at radius 1 is 1.00 bits per heavy atom.